The molecule has 0 amide bonds. The molecule has 0 aliphatic rings. The summed E-state index contributed by atoms with van der Waals surface area (Å²) in [5.74, 6) is 0. The number of aromatic nitrogens is 1. The van der Waals surface area contributed by atoms with Gasteiger partial charge in [-0.05, 0) is 49.1 Å². The second-order valence-electron chi connectivity index (χ2n) is 4.17. The van der Waals surface area contributed by atoms with Crippen LogP contribution in [0, 0.1) is 13.8 Å². The summed E-state index contributed by atoms with van der Waals surface area (Å²) in [7, 11) is 0. The molecular formula is C15H17N. The van der Waals surface area contributed by atoms with Gasteiger partial charge in [0, 0.05) is 11.8 Å². The summed E-state index contributed by atoms with van der Waals surface area (Å²) >= 11 is 0. The lowest BCUT2D eigenvalue weighted by Gasteiger charge is -2.10. The summed E-state index contributed by atoms with van der Waals surface area (Å²) in [5.41, 5.74) is 6.37. The Balaban J connectivity index is 2.60. The Morgan fingerprint density at radius 3 is 2.62 bits per heavy atom. The summed E-state index contributed by atoms with van der Waals surface area (Å²) in [6.07, 6.45) is 2.93. The Bertz CT molecular complexity index is 501. The van der Waals surface area contributed by atoms with Crippen LogP contribution in [0.25, 0.3) is 11.3 Å². The summed E-state index contributed by atoms with van der Waals surface area (Å²) in [5, 5.41) is 0. The molecule has 1 aromatic heterocycles. The highest BCUT2D eigenvalue weighted by atomic mass is 14.7. The predicted molar refractivity (Wildman–Crippen MR) is 68.5 cm³/mol. The molecule has 0 unspecified atom stereocenters. The number of pyridine rings is 1. The quantitative estimate of drug-likeness (QED) is 0.733. The summed E-state index contributed by atoms with van der Waals surface area (Å²) in [6.45, 7) is 6.46. The van der Waals surface area contributed by atoms with Crippen molar-refractivity contribution in [1.82, 2.24) is 4.98 Å². The minimum atomic E-state index is 1.05. The van der Waals surface area contributed by atoms with E-state index in [4.69, 9.17) is 0 Å². The monoisotopic (exact) mass is 211 g/mol. The van der Waals surface area contributed by atoms with Crippen molar-refractivity contribution in [2.75, 3.05) is 0 Å². The largest absolute Gasteiger partial charge is 0.256 e. The van der Waals surface area contributed by atoms with Crippen LogP contribution < -0.4 is 0 Å². The highest BCUT2D eigenvalue weighted by Gasteiger charge is 2.06. The van der Waals surface area contributed by atoms with Crippen LogP contribution in [0.2, 0.25) is 0 Å². The SMILES string of the molecule is CCc1c(C)cccc1-c1cc(C)ccn1. The molecule has 0 spiro atoms. The molecular weight excluding hydrogens is 194 g/mol. The number of benzene rings is 1. The van der Waals surface area contributed by atoms with E-state index in [1.165, 1.54) is 22.3 Å². The van der Waals surface area contributed by atoms with Crippen molar-refractivity contribution >= 4 is 0 Å². The fourth-order valence-electron chi connectivity index (χ4n) is 2.10. The molecule has 16 heavy (non-hydrogen) atoms. The van der Waals surface area contributed by atoms with Crippen LogP contribution in [0.4, 0.5) is 0 Å². The maximum Gasteiger partial charge on any atom is 0.0707 e. The van der Waals surface area contributed by atoms with Crippen molar-refractivity contribution in [3.05, 3.63) is 53.2 Å². The Hall–Kier alpha value is -1.63. The first-order valence-electron chi connectivity index (χ1n) is 5.74. The minimum absolute atomic E-state index is 1.05. The normalized spacial score (nSPS) is 10.4. The van der Waals surface area contributed by atoms with Gasteiger partial charge in [-0.25, -0.2) is 0 Å². The fourth-order valence-corrected chi connectivity index (χ4v) is 2.10. The molecule has 0 N–H and O–H groups in total. The van der Waals surface area contributed by atoms with E-state index in [0.717, 1.165) is 12.1 Å². The van der Waals surface area contributed by atoms with Gasteiger partial charge >= 0.3 is 0 Å². The Morgan fingerprint density at radius 2 is 1.94 bits per heavy atom. The molecule has 2 rings (SSSR count). The zero-order chi connectivity index (χ0) is 11.5. The number of hydrogen-bond donors (Lipinski definition) is 0. The van der Waals surface area contributed by atoms with Gasteiger partial charge in [-0.15, -0.1) is 0 Å². The molecule has 1 aromatic carbocycles. The van der Waals surface area contributed by atoms with Crippen molar-refractivity contribution < 1.29 is 0 Å². The highest BCUT2D eigenvalue weighted by molar-refractivity contribution is 5.65. The van der Waals surface area contributed by atoms with E-state index in [-0.39, 0.29) is 0 Å². The van der Waals surface area contributed by atoms with Crippen molar-refractivity contribution in [2.24, 2.45) is 0 Å². The predicted octanol–water partition coefficient (Wildman–Crippen LogP) is 3.93. The van der Waals surface area contributed by atoms with E-state index in [1.54, 1.807) is 0 Å². The molecule has 0 saturated carbocycles. The lowest BCUT2D eigenvalue weighted by atomic mass is 9.97. The fraction of sp³-hybridized carbons (Fsp3) is 0.267. The van der Waals surface area contributed by atoms with Gasteiger partial charge in [0.1, 0.15) is 0 Å². The van der Waals surface area contributed by atoms with Crippen LogP contribution in [0.15, 0.2) is 36.5 Å². The second-order valence-corrected chi connectivity index (χ2v) is 4.17. The van der Waals surface area contributed by atoms with Crippen molar-refractivity contribution in [3.63, 3.8) is 0 Å². The average Bonchev–Trinajstić information content (AvgIpc) is 2.28. The molecule has 0 radical (unpaired) electrons. The number of rotatable bonds is 2. The molecule has 0 fully saturated rings. The smallest absolute Gasteiger partial charge is 0.0707 e. The summed E-state index contributed by atoms with van der Waals surface area (Å²) in [6, 6.07) is 10.6. The molecule has 0 atom stereocenters. The van der Waals surface area contributed by atoms with Crippen LogP contribution in [0.5, 0.6) is 0 Å². The zero-order valence-electron chi connectivity index (χ0n) is 10.1. The first-order valence-corrected chi connectivity index (χ1v) is 5.74. The molecule has 0 saturated heterocycles. The van der Waals surface area contributed by atoms with Crippen molar-refractivity contribution in [1.29, 1.82) is 0 Å². The molecule has 1 heterocycles. The van der Waals surface area contributed by atoms with Crippen LogP contribution in [0.3, 0.4) is 0 Å². The standard InChI is InChI=1S/C15H17N/c1-4-13-12(3)6-5-7-14(13)15-10-11(2)8-9-16-15/h5-10H,4H2,1-3H3. The molecule has 2 aromatic rings. The number of nitrogens with zero attached hydrogens (tertiary/aromatic N) is 1. The lowest BCUT2D eigenvalue weighted by Crippen LogP contribution is -1.93. The number of aryl methyl sites for hydroxylation is 2. The van der Waals surface area contributed by atoms with E-state index in [0.29, 0.717) is 0 Å². The van der Waals surface area contributed by atoms with Gasteiger partial charge in [0.2, 0.25) is 0 Å². The van der Waals surface area contributed by atoms with Crippen molar-refractivity contribution in [3.8, 4) is 11.3 Å². The Kier molecular flexibility index (Phi) is 3.04. The third-order valence-corrected chi connectivity index (χ3v) is 2.96. The molecule has 0 bridgehead atoms. The van der Waals surface area contributed by atoms with Crippen LogP contribution in [0.1, 0.15) is 23.6 Å². The van der Waals surface area contributed by atoms with Crippen molar-refractivity contribution in [2.45, 2.75) is 27.2 Å². The van der Waals surface area contributed by atoms with Crippen LogP contribution >= 0.6 is 0 Å². The molecule has 1 nitrogen and oxygen atoms in total. The van der Waals surface area contributed by atoms with Gasteiger partial charge in [0.15, 0.2) is 0 Å². The Labute approximate surface area is 97.2 Å². The van der Waals surface area contributed by atoms with Gasteiger partial charge in [-0.2, -0.15) is 0 Å². The Morgan fingerprint density at radius 1 is 1.12 bits per heavy atom. The molecule has 82 valence electrons. The van der Waals surface area contributed by atoms with E-state index < -0.39 is 0 Å². The molecule has 0 aliphatic carbocycles. The molecule has 1 heteroatoms. The molecule has 0 aliphatic heterocycles. The van der Waals surface area contributed by atoms with Gasteiger partial charge in [-0.1, -0.05) is 25.1 Å². The third-order valence-electron chi connectivity index (χ3n) is 2.96. The van der Waals surface area contributed by atoms with Crippen LogP contribution in [-0.2, 0) is 6.42 Å². The van der Waals surface area contributed by atoms with E-state index in [2.05, 4.69) is 50.0 Å². The van der Waals surface area contributed by atoms with E-state index >= 15 is 0 Å². The van der Waals surface area contributed by atoms with E-state index in [1.807, 2.05) is 12.3 Å². The maximum absolute atomic E-state index is 4.46. The average molecular weight is 211 g/mol. The van der Waals surface area contributed by atoms with Gasteiger partial charge in [-0.3, -0.25) is 4.98 Å². The maximum atomic E-state index is 4.46. The van der Waals surface area contributed by atoms with Crippen LogP contribution in [-0.4, -0.2) is 4.98 Å². The van der Waals surface area contributed by atoms with Gasteiger partial charge < -0.3 is 0 Å². The summed E-state index contributed by atoms with van der Waals surface area (Å²) < 4.78 is 0. The highest BCUT2D eigenvalue weighted by Crippen LogP contribution is 2.25. The van der Waals surface area contributed by atoms with Gasteiger partial charge in [0.25, 0.3) is 0 Å². The first kappa shape index (κ1) is 10.9. The van der Waals surface area contributed by atoms with Gasteiger partial charge in [0.05, 0.1) is 5.69 Å². The topological polar surface area (TPSA) is 12.9 Å². The second kappa shape index (κ2) is 4.48. The zero-order valence-corrected chi connectivity index (χ0v) is 10.1. The van der Waals surface area contributed by atoms with E-state index in [9.17, 15) is 0 Å². The lowest BCUT2D eigenvalue weighted by molar-refractivity contribution is 1.10. The number of hydrogen-bond acceptors (Lipinski definition) is 1. The first-order chi connectivity index (χ1) is 7.72. The minimum Gasteiger partial charge on any atom is -0.256 e. The summed E-state index contributed by atoms with van der Waals surface area (Å²) in [4.78, 5) is 4.46. The third kappa shape index (κ3) is 1.99.